The summed E-state index contributed by atoms with van der Waals surface area (Å²) in [5.41, 5.74) is 0. The van der Waals surface area contributed by atoms with Crippen LogP contribution in [0.15, 0.2) is 0 Å². The lowest BCUT2D eigenvalue weighted by Gasteiger charge is -2.44. The first-order chi connectivity index (χ1) is 12.8. The van der Waals surface area contributed by atoms with Crippen molar-refractivity contribution in [1.82, 2.24) is 0 Å². The minimum atomic E-state index is -1.03. The molecular weight excluding hydrogens is 352 g/mol. The Morgan fingerprint density at radius 1 is 0.741 bits per heavy atom. The van der Waals surface area contributed by atoms with E-state index in [1.54, 1.807) is 7.11 Å². The van der Waals surface area contributed by atoms with E-state index < -0.39 is 24.4 Å². The molecule has 2 aliphatic heterocycles. The third kappa shape index (κ3) is 5.21. The van der Waals surface area contributed by atoms with Crippen molar-refractivity contribution in [2.75, 3.05) is 26.9 Å². The first kappa shape index (κ1) is 23.0. The first-order valence-corrected chi connectivity index (χ1v) is 10.3. The topological polar surface area (TPSA) is 97.6 Å². The van der Waals surface area contributed by atoms with Crippen molar-refractivity contribution < 1.29 is 34.3 Å². The molecule has 0 bridgehead atoms. The van der Waals surface area contributed by atoms with Gasteiger partial charge in [0, 0.05) is 24.9 Å². The molecule has 0 aromatic heterocycles. The van der Waals surface area contributed by atoms with Gasteiger partial charge in [-0.05, 0) is 19.8 Å². The van der Waals surface area contributed by atoms with Crippen LogP contribution in [0.1, 0.15) is 40.5 Å². The van der Waals surface area contributed by atoms with Gasteiger partial charge in [-0.2, -0.15) is 0 Å². The van der Waals surface area contributed by atoms with E-state index in [1.165, 1.54) is 0 Å². The fourth-order valence-electron chi connectivity index (χ4n) is 4.44. The van der Waals surface area contributed by atoms with Gasteiger partial charge in [0.25, 0.3) is 0 Å². The lowest BCUT2D eigenvalue weighted by atomic mass is 9.82. The average Bonchev–Trinajstić information content (AvgIpc) is 2.66. The number of aliphatic hydroxyl groups is 3. The van der Waals surface area contributed by atoms with Crippen molar-refractivity contribution in [3.8, 4) is 0 Å². The molecule has 0 saturated carbocycles. The number of hydrogen-bond donors (Lipinski definition) is 3. The second-order valence-electron chi connectivity index (χ2n) is 8.06. The number of methoxy groups -OCH3 is 1. The van der Waals surface area contributed by atoms with Gasteiger partial charge in [0.1, 0.15) is 12.2 Å². The van der Waals surface area contributed by atoms with Crippen LogP contribution in [0.4, 0.5) is 0 Å². The lowest BCUT2D eigenvalue weighted by molar-refractivity contribution is -0.226. The molecule has 2 fully saturated rings. The van der Waals surface area contributed by atoms with Crippen LogP contribution in [0.3, 0.4) is 0 Å². The minimum Gasteiger partial charge on any atom is -0.392 e. The van der Waals surface area contributed by atoms with E-state index in [4.69, 9.17) is 18.9 Å². The molecule has 7 nitrogen and oxygen atoms in total. The normalized spacial score (nSPS) is 45.8. The van der Waals surface area contributed by atoms with Crippen LogP contribution >= 0.6 is 0 Å². The number of rotatable bonds is 8. The molecule has 4 unspecified atom stereocenters. The van der Waals surface area contributed by atoms with E-state index >= 15 is 0 Å². The molecule has 2 heterocycles. The summed E-state index contributed by atoms with van der Waals surface area (Å²) in [6, 6.07) is 0. The summed E-state index contributed by atoms with van der Waals surface area (Å²) in [6.45, 7) is 8.84. The molecule has 2 aliphatic rings. The molecule has 27 heavy (non-hydrogen) atoms. The van der Waals surface area contributed by atoms with Gasteiger partial charge in [-0.1, -0.05) is 20.8 Å². The van der Waals surface area contributed by atoms with Crippen LogP contribution in [0.2, 0.25) is 0 Å². The van der Waals surface area contributed by atoms with E-state index in [1.807, 2.05) is 20.8 Å². The fourth-order valence-corrected chi connectivity index (χ4v) is 4.44. The maximum atomic E-state index is 10.6. The summed E-state index contributed by atoms with van der Waals surface area (Å²) in [4.78, 5) is 0. The molecule has 0 radical (unpaired) electrons. The van der Waals surface area contributed by atoms with Crippen molar-refractivity contribution in [3.63, 3.8) is 0 Å². The van der Waals surface area contributed by atoms with E-state index in [9.17, 15) is 15.3 Å². The third-order valence-electron chi connectivity index (χ3n) is 6.31. The molecule has 0 aliphatic carbocycles. The smallest absolute Gasteiger partial charge is 0.110 e. The van der Waals surface area contributed by atoms with Gasteiger partial charge in [0.05, 0.1) is 50.3 Å². The number of aliphatic hydroxyl groups excluding tert-OH is 3. The molecule has 2 saturated heterocycles. The Labute approximate surface area is 162 Å². The molecule has 7 heteroatoms. The van der Waals surface area contributed by atoms with Gasteiger partial charge in [-0.15, -0.1) is 0 Å². The molecule has 3 N–H and O–H groups in total. The van der Waals surface area contributed by atoms with Crippen LogP contribution in [-0.4, -0.2) is 85.0 Å². The van der Waals surface area contributed by atoms with Crippen LogP contribution in [0.5, 0.6) is 0 Å². The summed E-state index contributed by atoms with van der Waals surface area (Å²) >= 11 is 0. The summed E-state index contributed by atoms with van der Waals surface area (Å²) in [5.74, 6) is -0.333. The molecule has 0 aromatic carbocycles. The maximum absolute atomic E-state index is 10.6. The third-order valence-corrected chi connectivity index (χ3v) is 6.31. The highest BCUT2D eigenvalue weighted by Gasteiger charge is 2.44. The van der Waals surface area contributed by atoms with Crippen molar-refractivity contribution in [2.45, 2.75) is 83.3 Å². The SMILES string of the molecule is CCC1O[C@@H](COC[C@H]2C(O)C(C)[C@H](CC)O[C@H]2C)C(O)[C@H](O)[C@@H]1COC. The second-order valence-corrected chi connectivity index (χ2v) is 8.06. The van der Waals surface area contributed by atoms with Crippen molar-refractivity contribution in [1.29, 1.82) is 0 Å². The fraction of sp³-hybridized carbons (Fsp3) is 1.00. The predicted molar refractivity (Wildman–Crippen MR) is 100 cm³/mol. The van der Waals surface area contributed by atoms with E-state index in [2.05, 4.69) is 6.92 Å². The molecule has 160 valence electrons. The number of hydrogen-bond acceptors (Lipinski definition) is 7. The van der Waals surface area contributed by atoms with Crippen LogP contribution in [0, 0.1) is 17.8 Å². The van der Waals surface area contributed by atoms with Gasteiger partial charge < -0.3 is 34.3 Å². The molecule has 2 rings (SSSR count). The van der Waals surface area contributed by atoms with Gasteiger partial charge in [-0.3, -0.25) is 0 Å². The highest BCUT2D eigenvalue weighted by molar-refractivity contribution is 4.92. The molecular formula is C20H38O7. The van der Waals surface area contributed by atoms with Gasteiger partial charge in [0.15, 0.2) is 0 Å². The average molecular weight is 391 g/mol. The van der Waals surface area contributed by atoms with Crippen LogP contribution < -0.4 is 0 Å². The second kappa shape index (κ2) is 10.5. The van der Waals surface area contributed by atoms with Crippen molar-refractivity contribution >= 4 is 0 Å². The van der Waals surface area contributed by atoms with E-state index in [-0.39, 0.29) is 42.7 Å². The Balaban J connectivity index is 1.89. The minimum absolute atomic E-state index is 0.0532. The predicted octanol–water partition coefficient (Wildman–Crippen LogP) is 0.975. The Morgan fingerprint density at radius 2 is 1.41 bits per heavy atom. The van der Waals surface area contributed by atoms with Gasteiger partial charge >= 0.3 is 0 Å². The van der Waals surface area contributed by atoms with E-state index in [0.29, 0.717) is 13.2 Å². The zero-order valence-electron chi connectivity index (χ0n) is 17.3. The maximum Gasteiger partial charge on any atom is 0.110 e. The van der Waals surface area contributed by atoms with Crippen molar-refractivity contribution in [3.05, 3.63) is 0 Å². The molecule has 0 amide bonds. The highest BCUT2D eigenvalue weighted by atomic mass is 16.6. The summed E-state index contributed by atoms with van der Waals surface area (Å²) in [5, 5.41) is 31.5. The zero-order chi connectivity index (χ0) is 20.1. The summed E-state index contributed by atoms with van der Waals surface area (Å²) in [7, 11) is 1.57. The van der Waals surface area contributed by atoms with Crippen LogP contribution in [-0.2, 0) is 18.9 Å². The molecule has 0 spiro atoms. The Kier molecular flexibility index (Phi) is 8.93. The largest absolute Gasteiger partial charge is 0.392 e. The highest BCUT2D eigenvalue weighted by Crippen LogP contribution is 2.33. The summed E-state index contributed by atoms with van der Waals surface area (Å²) in [6.07, 6.45) is -1.66. The van der Waals surface area contributed by atoms with E-state index in [0.717, 1.165) is 12.8 Å². The summed E-state index contributed by atoms with van der Waals surface area (Å²) < 4.78 is 23.0. The molecule has 0 aromatic rings. The standard InChI is InChI=1S/C20H38O7/c1-6-15-11(3)18(21)13(12(4)26-15)9-25-10-17-20(23)19(22)14(8-24-5)16(7-2)27-17/h11-23H,6-10H2,1-5H3/t11?,12-,13+,14+,15-,16?,17-,18?,19+,20?/m0/s1. The Morgan fingerprint density at radius 3 is 2.00 bits per heavy atom. The quantitative estimate of drug-likeness (QED) is 0.568. The zero-order valence-corrected chi connectivity index (χ0v) is 17.3. The van der Waals surface area contributed by atoms with Gasteiger partial charge in [-0.25, -0.2) is 0 Å². The first-order valence-electron chi connectivity index (χ1n) is 10.3. The monoisotopic (exact) mass is 390 g/mol. The van der Waals surface area contributed by atoms with Gasteiger partial charge in [0.2, 0.25) is 0 Å². The Hall–Kier alpha value is -0.280. The lowest BCUT2D eigenvalue weighted by Crippen LogP contribution is -2.57. The van der Waals surface area contributed by atoms with Crippen LogP contribution in [0.25, 0.3) is 0 Å². The van der Waals surface area contributed by atoms with Crippen molar-refractivity contribution in [2.24, 2.45) is 17.8 Å². The number of ether oxygens (including phenoxy) is 4. The molecule has 10 atom stereocenters. The Bertz CT molecular complexity index is 433.